The highest BCUT2D eigenvalue weighted by Crippen LogP contribution is 2.33. The number of hydrogen-bond acceptors (Lipinski definition) is 6. The molecule has 10 heteroatoms. The van der Waals surface area contributed by atoms with Crippen LogP contribution in [0.2, 0.25) is 5.02 Å². The first-order valence-corrected chi connectivity index (χ1v) is 11.0. The number of nitro groups is 1. The lowest BCUT2D eigenvalue weighted by molar-refractivity contribution is -0.384. The van der Waals surface area contributed by atoms with E-state index in [1.807, 2.05) is 37.3 Å². The SMILES string of the molecule is CC(CC(=O)NCCN1C(=O)S/C(=C\c2ccc(Cl)c([N+](=O)[O-])c2)C1=O)c1ccccc1. The van der Waals surface area contributed by atoms with Gasteiger partial charge in [-0.1, -0.05) is 54.9 Å². The van der Waals surface area contributed by atoms with E-state index in [1.54, 1.807) is 0 Å². The lowest BCUT2D eigenvalue weighted by Crippen LogP contribution is -2.37. The zero-order valence-electron chi connectivity index (χ0n) is 17.1. The fraction of sp³-hybridized carbons (Fsp3) is 0.227. The number of carbonyl (C=O) groups excluding carboxylic acids is 3. The average molecular weight is 474 g/mol. The quantitative estimate of drug-likeness (QED) is 0.341. The van der Waals surface area contributed by atoms with Gasteiger partial charge in [-0.3, -0.25) is 29.4 Å². The molecule has 1 atom stereocenters. The zero-order chi connectivity index (χ0) is 23.3. The topological polar surface area (TPSA) is 110 Å². The molecule has 1 heterocycles. The lowest BCUT2D eigenvalue weighted by atomic mass is 9.98. The Kier molecular flexibility index (Phi) is 7.66. The van der Waals surface area contributed by atoms with Gasteiger partial charge in [0.05, 0.1) is 9.83 Å². The van der Waals surface area contributed by atoms with Gasteiger partial charge in [0, 0.05) is 25.6 Å². The van der Waals surface area contributed by atoms with Crippen LogP contribution in [0.5, 0.6) is 0 Å². The summed E-state index contributed by atoms with van der Waals surface area (Å²) in [6, 6.07) is 13.8. The van der Waals surface area contributed by atoms with Crippen molar-refractivity contribution >= 4 is 52.2 Å². The molecule has 0 saturated carbocycles. The number of amides is 3. The molecule has 0 aromatic heterocycles. The maximum atomic E-state index is 12.6. The van der Waals surface area contributed by atoms with Gasteiger partial charge in [0.25, 0.3) is 16.8 Å². The fourth-order valence-corrected chi connectivity index (χ4v) is 4.21. The molecule has 0 spiro atoms. The highest BCUT2D eigenvalue weighted by Gasteiger charge is 2.34. The van der Waals surface area contributed by atoms with Crippen LogP contribution in [0.4, 0.5) is 10.5 Å². The van der Waals surface area contributed by atoms with Gasteiger partial charge in [-0.05, 0) is 40.9 Å². The summed E-state index contributed by atoms with van der Waals surface area (Å²) in [6.07, 6.45) is 1.70. The summed E-state index contributed by atoms with van der Waals surface area (Å²) in [7, 11) is 0. The molecule has 0 aliphatic carbocycles. The maximum Gasteiger partial charge on any atom is 0.293 e. The second-order valence-corrected chi connectivity index (χ2v) is 8.57. The van der Waals surface area contributed by atoms with Crippen LogP contribution < -0.4 is 5.32 Å². The number of rotatable bonds is 8. The van der Waals surface area contributed by atoms with E-state index in [0.717, 1.165) is 22.2 Å². The van der Waals surface area contributed by atoms with Crippen molar-refractivity contribution in [3.05, 3.63) is 79.7 Å². The predicted molar refractivity (Wildman–Crippen MR) is 123 cm³/mol. The molecule has 3 rings (SSSR count). The average Bonchev–Trinajstić information content (AvgIpc) is 3.02. The summed E-state index contributed by atoms with van der Waals surface area (Å²) in [4.78, 5) is 48.6. The molecule has 8 nitrogen and oxygen atoms in total. The number of thioether (sulfide) groups is 1. The Morgan fingerprint density at radius 1 is 1.25 bits per heavy atom. The van der Waals surface area contributed by atoms with E-state index in [2.05, 4.69) is 5.32 Å². The van der Waals surface area contributed by atoms with E-state index in [1.165, 1.54) is 24.3 Å². The van der Waals surface area contributed by atoms with Crippen molar-refractivity contribution in [1.29, 1.82) is 0 Å². The molecule has 0 radical (unpaired) electrons. The number of nitro benzene ring substituents is 1. The molecule has 1 N–H and O–H groups in total. The van der Waals surface area contributed by atoms with Crippen LogP contribution >= 0.6 is 23.4 Å². The van der Waals surface area contributed by atoms with Crippen molar-refractivity contribution in [3.8, 4) is 0 Å². The molecule has 1 unspecified atom stereocenters. The Hall–Kier alpha value is -3.17. The van der Waals surface area contributed by atoms with E-state index in [0.29, 0.717) is 12.0 Å². The van der Waals surface area contributed by atoms with Crippen LogP contribution in [-0.4, -0.2) is 40.0 Å². The number of benzene rings is 2. The largest absolute Gasteiger partial charge is 0.354 e. The first-order chi connectivity index (χ1) is 15.3. The van der Waals surface area contributed by atoms with E-state index in [9.17, 15) is 24.5 Å². The number of nitrogens with one attached hydrogen (secondary N) is 1. The lowest BCUT2D eigenvalue weighted by Gasteiger charge is -2.15. The summed E-state index contributed by atoms with van der Waals surface area (Å²) in [5.74, 6) is -0.637. The van der Waals surface area contributed by atoms with E-state index in [-0.39, 0.29) is 40.5 Å². The third-order valence-electron chi connectivity index (χ3n) is 4.86. The number of imide groups is 1. The normalized spacial score (nSPS) is 15.8. The van der Waals surface area contributed by atoms with Crippen LogP contribution in [0.25, 0.3) is 6.08 Å². The molecule has 3 amide bonds. The molecule has 32 heavy (non-hydrogen) atoms. The zero-order valence-corrected chi connectivity index (χ0v) is 18.7. The van der Waals surface area contributed by atoms with Gasteiger partial charge in [-0.2, -0.15) is 0 Å². The fourth-order valence-electron chi connectivity index (χ4n) is 3.16. The standard InChI is InChI=1S/C22H20ClN3O5S/c1-14(16-5-3-2-4-6-16)11-20(27)24-9-10-25-21(28)19(32-22(25)29)13-15-7-8-17(23)18(12-15)26(30)31/h2-8,12-14H,9-11H2,1H3,(H,24,27)/b19-13-. The first kappa shape index (κ1) is 23.5. The van der Waals surface area contributed by atoms with Gasteiger partial charge in [-0.15, -0.1) is 0 Å². The van der Waals surface area contributed by atoms with E-state index < -0.39 is 16.1 Å². The number of halogens is 1. The van der Waals surface area contributed by atoms with Crippen LogP contribution in [0.3, 0.4) is 0 Å². The van der Waals surface area contributed by atoms with Crippen LogP contribution in [0, 0.1) is 10.1 Å². The van der Waals surface area contributed by atoms with Crippen molar-refractivity contribution in [1.82, 2.24) is 10.2 Å². The molecule has 2 aromatic carbocycles. The van der Waals surface area contributed by atoms with Gasteiger partial charge < -0.3 is 5.32 Å². The van der Waals surface area contributed by atoms with Crippen molar-refractivity contribution in [2.45, 2.75) is 19.3 Å². The number of carbonyl (C=O) groups is 3. The smallest absolute Gasteiger partial charge is 0.293 e. The van der Waals surface area contributed by atoms with Gasteiger partial charge in [0.1, 0.15) is 5.02 Å². The third kappa shape index (κ3) is 5.74. The molecule has 1 aliphatic rings. The summed E-state index contributed by atoms with van der Waals surface area (Å²) in [5.41, 5.74) is 1.16. The van der Waals surface area contributed by atoms with Crippen molar-refractivity contribution in [3.63, 3.8) is 0 Å². The number of hydrogen-bond donors (Lipinski definition) is 1. The molecular formula is C22H20ClN3O5S. The minimum absolute atomic E-state index is 0.0161. The molecular weight excluding hydrogens is 454 g/mol. The summed E-state index contributed by atoms with van der Waals surface area (Å²) in [5, 5.41) is 13.3. The highest BCUT2D eigenvalue weighted by atomic mass is 35.5. The molecule has 0 bridgehead atoms. The first-order valence-electron chi connectivity index (χ1n) is 9.77. The van der Waals surface area contributed by atoms with Crippen molar-refractivity contribution in [2.75, 3.05) is 13.1 Å². The summed E-state index contributed by atoms with van der Waals surface area (Å²) < 4.78 is 0. The molecule has 1 aliphatic heterocycles. The Morgan fingerprint density at radius 3 is 2.66 bits per heavy atom. The Bertz CT molecular complexity index is 1090. The molecule has 166 valence electrons. The second-order valence-electron chi connectivity index (χ2n) is 7.17. The minimum Gasteiger partial charge on any atom is -0.354 e. The van der Waals surface area contributed by atoms with Crippen LogP contribution in [-0.2, 0) is 9.59 Å². The van der Waals surface area contributed by atoms with Crippen molar-refractivity contribution < 1.29 is 19.3 Å². The third-order valence-corrected chi connectivity index (χ3v) is 6.08. The van der Waals surface area contributed by atoms with E-state index >= 15 is 0 Å². The predicted octanol–water partition coefficient (Wildman–Crippen LogP) is 4.59. The van der Waals surface area contributed by atoms with Gasteiger partial charge >= 0.3 is 0 Å². The van der Waals surface area contributed by atoms with Gasteiger partial charge in [0.2, 0.25) is 5.91 Å². The summed E-state index contributed by atoms with van der Waals surface area (Å²) in [6.45, 7) is 2.13. The number of nitrogens with zero attached hydrogens (tertiary/aromatic N) is 2. The van der Waals surface area contributed by atoms with Crippen LogP contribution in [0.15, 0.2) is 53.4 Å². The Labute approximate surface area is 193 Å². The molecule has 1 fully saturated rings. The minimum atomic E-state index is -0.618. The second kappa shape index (κ2) is 10.4. The van der Waals surface area contributed by atoms with Crippen LogP contribution in [0.1, 0.15) is 30.4 Å². The van der Waals surface area contributed by atoms with E-state index in [4.69, 9.17) is 11.6 Å². The monoisotopic (exact) mass is 473 g/mol. The summed E-state index contributed by atoms with van der Waals surface area (Å²) >= 11 is 6.55. The molecule has 2 aromatic rings. The maximum absolute atomic E-state index is 12.6. The highest BCUT2D eigenvalue weighted by molar-refractivity contribution is 8.18. The van der Waals surface area contributed by atoms with Gasteiger partial charge in [-0.25, -0.2) is 0 Å². The Balaban J connectivity index is 1.56. The van der Waals surface area contributed by atoms with Gasteiger partial charge in [0.15, 0.2) is 0 Å². The molecule has 1 saturated heterocycles. The Morgan fingerprint density at radius 2 is 1.97 bits per heavy atom. The van der Waals surface area contributed by atoms with Crippen molar-refractivity contribution in [2.24, 2.45) is 0 Å².